The van der Waals surface area contributed by atoms with Gasteiger partial charge in [0.05, 0.1) is 12.7 Å². The zero-order chi connectivity index (χ0) is 9.36. The van der Waals surface area contributed by atoms with Crippen molar-refractivity contribution in [1.82, 2.24) is 5.32 Å². The first-order chi connectivity index (χ1) is 6.43. The van der Waals surface area contributed by atoms with Gasteiger partial charge in [0.25, 0.3) is 0 Å². The minimum Gasteiger partial charge on any atom is -0.383 e. The maximum Gasteiger partial charge on any atom is 0.0587 e. The summed E-state index contributed by atoms with van der Waals surface area (Å²) in [4.78, 5) is 0. The minimum absolute atomic E-state index is 0.504. The normalized spacial score (nSPS) is 23.3. The molecule has 1 heterocycles. The Morgan fingerprint density at radius 1 is 1.38 bits per heavy atom. The molecule has 1 N–H and O–H groups in total. The van der Waals surface area contributed by atoms with Gasteiger partial charge in [-0.15, -0.1) is 0 Å². The quantitative estimate of drug-likeness (QED) is 0.633. The van der Waals surface area contributed by atoms with Gasteiger partial charge in [0.2, 0.25) is 0 Å². The molecule has 0 amide bonds. The lowest BCUT2D eigenvalue weighted by Crippen LogP contribution is -2.27. The van der Waals surface area contributed by atoms with Crippen molar-refractivity contribution in [2.45, 2.75) is 31.8 Å². The molecule has 1 saturated heterocycles. The fourth-order valence-corrected chi connectivity index (χ4v) is 1.60. The van der Waals surface area contributed by atoms with E-state index in [0.717, 1.165) is 32.7 Å². The van der Waals surface area contributed by atoms with Gasteiger partial charge >= 0.3 is 0 Å². The first kappa shape index (κ1) is 11.0. The van der Waals surface area contributed by atoms with Crippen LogP contribution in [0.25, 0.3) is 0 Å². The minimum atomic E-state index is 0.504. The van der Waals surface area contributed by atoms with Gasteiger partial charge in [0, 0.05) is 20.3 Å². The van der Waals surface area contributed by atoms with Crippen molar-refractivity contribution in [3.8, 4) is 0 Å². The molecule has 0 spiro atoms. The summed E-state index contributed by atoms with van der Waals surface area (Å²) < 4.78 is 10.6. The summed E-state index contributed by atoms with van der Waals surface area (Å²) >= 11 is 0. The van der Waals surface area contributed by atoms with Crippen molar-refractivity contribution in [3.63, 3.8) is 0 Å². The topological polar surface area (TPSA) is 30.5 Å². The molecule has 0 bridgehead atoms. The van der Waals surface area contributed by atoms with Gasteiger partial charge in [-0.25, -0.2) is 0 Å². The second-order valence-electron chi connectivity index (χ2n) is 3.52. The molecule has 3 nitrogen and oxygen atoms in total. The standard InChI is InChI=1S/C10H21NO2/c1-12-9-7-11-6-5-10-4-2-3-8-13-10/h10-11H,2-9H2,1H3. The van der Waals surface area contributed by atoms with Crippen LogP contribution in [0.3, 0.4) is 0 Å². The van der Waals surface area contributed by atoms with Crippen molar-refractivity contribution in [3.05, 3.63) is 0 Å². The average molecular weight is 187 g/mol. The zero-order valence-electron chi connectivity index (χ0n) is 8.55. The third kappa shape index (κ3) is 5.24. The molecule has 13 heavy (non-hydrogen) atoms. The smallest absolute Gasteiger partial charge is 0.0587 e. The van der Waals surface area contributed by atoms with E-state index in [0.29, 0.717) is 6.10 Å². The molecular weight excluding hydrogens is 166 g/mol. The van der Waals surface area contributed by atoms with E-state index in [4.69, 9.17) is 9.47 Å². The summed E-state index contributed by atoms with van der Waals surface area (Å²) in [5, 5.41) is 3.33. The molecule has 1 atom stereocenters. The molecular formula is C10H21NO2. The summed E-state index contributed by atoms with van der Waals surface area (Å²) in [6, 6.07) is 0. The Morgan fingerprint density at radius 3 is 3.00 bits per heavy atom. The van der Waals surface area contributed by atoms with Crippen LogP contribution in [0.15, 0.2) is 0 Å². The molecule has 0 aliphatic carbocycles. The fraction of sp³-hybridized carbons (Fsp3) is 1.00. The second kappa shape index (κ2) is 7.30. The Labute approximate surface area is 80.8 Å². The highest BCUT2D eigenvalue weighted by Crippen LogP contribution is 2.14. The van der Waals surface area contributed by atoms with E-state index >= 15 is 0 Å². The van der Waals surface area contributed by atoms with E-state index in [1.165, 1.54) is 19.3 Å². The van der Waals surface area contributed by atoms with Crippen molar-refractivity contribution >= 4 is 0 Å². The van der Waals surface area contributed by atoms with Gasteiger partial charge in [-0.2, -0.15) is 0 Å². The Morgan fingerprint density at radius 2 is 2.31 bits per heavy atom. The van der Waals surface area contributed by atoms with Gasteiger partial charge in [0.1, 0.15) is 0 Å². The predicted molar refractivity (Wildman–Crippen MR) is 53.0 cm³/mol. The van der Waals surface area contributed by atoms with Gasteiger partial charge in [0.15, 0.2) is 0 Å². The number of rotatable bonds is 6. The van der Waals surface area contributed by atoms with Crippen LogP contribution in [0.5, 0.6) is 0 Å². The molecule has 1 aliphatic heterocycles. The average Bonchev–Trinajstić information content (AvgIpc) is 2.19. The highest BCUT2D eigenvalue weighted by atomic mass is 16.5. The zero-order valence-corrected chi connectivity index (χ0v) is 8.55. The monoisotopic (exact) mass is 187 g/mol. The van der Waals surface area contributed by atoms with Crippen LogP contribution in [0.4, 0.5) is 0 Å². The highest BCUT2D eigenvalue weighted by Gasteiger charge is 2.12. The van der Waals surface area contributed by atoms with Crippen molar-refractivity contribution in [2.24, 2.45) is 0 Å². The molecule has 0 saturated carbocycles. The number of ether oxygens (including phenoxy) is 2. The molecule has 78 valence electrons. The molecule has 1 fully saturated rings. The van der Waals surface area contributed by atoms with Crippen molar-refractivity contribution in [2.75, 3.05) is 33.4 Å². The third-order valence-corrected chi connectivity index (χ3v) is 2.40. The fourth-order valence-electron chi connectivity index (χ4n) is 1.60. The maximum absolute atomic E-state index is 5.61. The number of hydrogen-bond acceptors (Lipinski definition) is 3. The summed E-state index contributed by atoms with van der Waals surface area (Å²) in [5.74, 6) is 0. The summed E-state index contributed by atoms with van der Waals surface area (Å²) in [7, 11) is 1.73. The third-order valence-electron chi connectivity index (χ3n) is 2.40. The summed E-state index contributed by atoms with van der Waals surface area (Å²) in [5.41, 5.74) is 0. The molecule has 0 aromatic rings. The molecule has 0 aromatic heterocycles. The van der Waals surface area contributed by atoms with E-state index in [9.17, 15) is 0 Å². The van der Waals surface area contributed by atoms with E-state index in [1.54, 1.807) is 7.11 Å². The lowest BCUT2D eigenvalue weighted by Gasteiger charge is -2.22. The number of nitrogens with one attached hydrogen (secondary N) is 1. The van der Waals surface area contributed by atoms with E-state index in [2.05, 4.69) is 5.32 Å². The maximum atomic E-state index is 5.61. The molecule has 0 radical (unpaired) electrons. The Kier molecular flexibility index (Phi) is 6.15. The first-order valence-electron chi connectivity index (χ1n) is 5.24. The molecule has 3 heteroatoms. The van der Waals surface area contributed by atoms with Crippen LogP contribution in [-0.2, 0) is 9.47 Å². The Balaban J connectivity index is 1.86. The molecule has 1 rings (SSSR count). The highest BCUT2D eigenvalue weighted by molar-refractivity contribution is 4.64. The van der Waals surface area contributed by atoms with Crippen LogP contribution in [-0.4, -0.2) is 39.5 Å². The van der Waals surface area contributed by atoms with E-state index < -0.39 is 0 Å². The van der Waals surface area contributed by atoms with Crippen molar-refractivity contribution in [1.29, 1.82) is 0 Å². The molecule has 1 aliphatic rings. The van der Waals surface area contributed by atoms with Crippen LogP contribution in [0.2, 0.25) is 0 Å². The van der Waals surface area contributed by atoms with Gasteiger partial charge < -0.3 is 14.8 Å². The molecule has 1 unspecified atom stereocenters. The second-order valence-corrected chi connectivity index (χ2v) is 3.52. The first-order valence-corrected chi connectivity index (χ1v) is 5.24. The lowest BCUT2D eigenvalue weighted by molar-refractivity contribution is 0.0114. The Hall–Kier alpha value is -0.120. The van der Waals surface area contributed by atoms with Crippen LogP contribution >= 0.6 is 0 Å². The SMILES string of the molecule is COCCNCCC1CCCCO1. The van der Waals surface area contributed by atoms with Crippen LogP contribution in [0, 0.1) is 0 Å². The van der Waals surface area contributed by atoms with E-state index in [1.807, 2.05) is 0 Å². The van der Waals surface area contributed by atoms with Gasteiger partial charge in [-0.3, -0.25) is 0 Å². The number of methoxy groups -OCH3 is 1. The number of hydrogen-bond donors (Lipinski definition) is 1. The molecule has 0 aromatic carbocycles. The van der Waals surface area contributed by atoms with Gasteiger partial charge in [-0.1, -0.05) is 0 Å². The lowest BCUT2D eigenvalue weighted by atomic mass is 10.1. The summed E-state index contributed by atoms with van der Waals surface area (Å²) in [6.45, 7) is 3.76. The van der Waals surface area contributed by atoms with Crippen LogP contribution in [0.1, 0.15) is 25.7 Å². The Bertz CT molecular complexity index is 113. The summed E-state index contributed by atoms with van der Waals surface area (Å²) in [6.07, 6.45) is 5.47. The van der Waals surface area contributed by atoms with Gasteiger partial charge in [-0.05, 0) is 32.2 Å². The largest absolute Gasteiger partial charge is 0.383 e. The predicted octanol–water partition coefficient (Wildman–Crippen LogP) is 1.18. The van der Waals surface area contributed by atoms with E-state index in [-0.39, 0.29) is 0 Å². The van der Waals surface area contributed by atoms with Crippen molar-refractivity contribution < 1.29 is 9.47 Å². The van der Waals surface area contributed by atoms with Crippen LogP contribution < -0.4 is 5.32 Å².